The van der Waals surface area contributed by atoms with Crippen molar-refractivity contribution < 1.29 is 4.79 Å². The van der Waals surface area contributed by atoms with Crippen LogP contribution in [-0.4, -0.2) is 19.0 Å². The first-order valence-corrected chi connectivity index (χ1v) is 6.37. The molecule has 0 aliphatic carbocycles. The fourth-order valence-corrected chi connectivity index (χ4v) is 2.25. The van der Waals surface area contributed by atoms with Crippen molar-refractivity contribution in [3.63, 3.8) is 0 Å². The van der Waals surface area contributed by atoms with E-state index in [0.29, 0.717) is 11.6 Å². The number of carbonyl (C=O) groups is 1. The minimum absolute atomic E-state index is 0. The second-order valence-corrected chi connectivity index (χ2v) is 4.76. The Morgan fingerprint density at radius 2 is 2.22 bits per heavy atom. The van der Waals surface area contributed by atoms with Gasteiger partial charge in [0.15, 0.2) is 0 Å². The predicted molar refractivity (Wildman–Crippen MR) is 76.1 cm³/mol. The van der Waals surface area contributed by atoms with Gasteiger partial charge in [-0.05, 0) is 31.0 Å². The molecule has 2 N–H and O–H groups in total. The lowest BCUT2D eigenvalue weighted by Gasteiger charge is -2.22. The highest BCUT2D eigenvalue weighted by molar-refractivity contribution is 6.31. The van der Waals surface area contributed by atoms with Gasteiger partial charge in [0, 0.05) is 18.1 Å². The van der Waals surface area contributed by atoms with E-state index in [4.69, 9.17) is 11.6 Å². The fourth-order valence-electron chi connectivity index (χ4n) is 2.04. The van der Waals surface area contributed by atoms with Crippen LogP contribution in [-0.2, 0) is 11.3 Å². The van der Waals surface area contributed by atoms with Gasteiger partial charge in [0.25, 0.3) is 0 Å². The summed E-state index contributed by atoms with van der Waals surface area (Å²) in [7, 11) is 0. The standard InChI is InChI=1S/C13H17ClN2O.ClH/c14-12-6-2-1-4-10(12)9-16-13(17)11-5-3-7-15-8-11;/h1-2,4,6,11,15H,3,5,7-9H2,(H,16,17);1H/t11-;/m1./s1. The molecule has 3 nitrogen and oxygen atoms in total. The van der Waals surface area contributed by atoms with E-state index in [1.54, 1.807) is 0 Å². The molecule has 100 valence electrons. The zero-order valence-corrected chi connectivity index (χ0v) is 11.7. The van der Waals surface area contributed by atoms with Gasteiger partial charge in [-0.2, -0.15) is 0 Å². The lowest BCUT2D eigenvalue weighted by Crippen LogP contribution is -2.40. The van der Waals surface area contributed by atoms with Gasteiger partial charge in [-0.25, -0.2) is 0 Å². The van der Waals surface area contributed by atoms with Crippen LogP contribution in [0.1, 0.15) is 18.4 Å². The minimum Gasteiger partial charge on any atom is -0.352 e. The quantitative estimate of drug-likeness (QED) is 0.897. The molecule has 1 aromatic carbocycles. The number of hydrogen-bond acceptors (Lipinski definition) is 2. The number of amides is 1. The zero-order valence-electron chi connectivity index (χ0n) is 10.1. The number of carbonyl (C=O) groups excluding carboxylic acids is 1. The van der Waals surface area contributed by atoms with Gasteiger partial charge < -0.3 is 10.6 Å². The van der Waals surface area contributed by atoms with Crippen molar-refractivity contribution in [2.24, 2.45) is 5.92 Å². The highest BCUT2D eigenvalue weighted by Gasteiger charge is 2.20. The summed E-state index contributed by atoms with van der Waals surface area (Å²) in [6.07, 6.45) is 2.05. The maximum atomic E-state index is 11.9. The molecular weight excluding hydrogens is 271 g/mol. The van der Waals surface area contributed by atoms with E-state index in [1.807, 2.05) is 24.3 Å². The molecule has 1 heterocycles. The Morgan fingerprint density at radius 3 is 2.89 bits per heavy atom. The lowest BCUT2D eigenvalue weighted by atomic mass is 9.99. The van der Waals surface area contributed by atoms with Gasteiger partial charge in [-0.3, -0.25) is 4.79 Å². The highest BCUT2D eigenvalue weighted by Crippen LogP contribution is 2.15. The first-order valence-electron chi connectivity index (χ1n) is 5.99. The molecule has 5 heteroatoms. The lowest BCUT2D eigenvalue weighted by molar-refractivity contribution is -0.125. The zero-order chi connectivity index (χ0) is 12.1. The number of piperidine rings is 1. The normalized spacial score (nSPS) is 18.8. The summed E-state index contributed by atoms with van der Waals surface area (Å²) in [6.45, 7) is 2.32. The summed E-state index contributed by atoms with van der Waals surface area (Å²) < 4.78 is 0. The number of rotatable bonds is 3. The fraction of sp³-hybridized carbons (Fsp3) is 0.462. The largest absolute Gasteiger partial charge is 0.352 e. The molecule has 0 saturated carbocycles. The Kier molecular flexibility index (Phi) is 6.47. The van der Waals surface area contributed by atoms with Gasteiger partial charge in [0.1, 0.15) is 0 Å². The molecule has 1 amide bonds. The third-order valence-electron chi connectivity index (χ3n) is 3.08. The highest BCUT2D eigenvalue weighted by atomic mass is 35.5. The van der Waals surface area contributed by atoms with E-state index < -0.39 is 0 Å². The van der Waals surface area contributed by atoms with Crippen LogP contribution >= 0.6 is 24.0 Å². The van der Waals surface area contributed by atoms with Crippen LogP contribution in [0.4, 0.5) is 0 Å². The second kappa shape index (κ2) is 7.62. The van der Waals surface area contributed by atoms with Crippen molar-refractivity contribution >= 4 is 29.9 Å². The molecule has 0 radical (unpaired) electrons. The molecule has 0 spiro atoms. The molecule has 18 heavy (non-hydrogen) atoms. The van der Waals surface area contributed by atoms with E-state index in [2.05, 4.69) is 10.6 Å². The average Bonchev–Trinajstić information content (AvgIpc) is 2.38. The van der Waals surface area contributed by atoms with Crippen LogP contribution in [0.15, 0.2) is 24.3 Å². The monoisotopic (exact) mass is 288 g/mol. The number of nitrogens with one attached hydrogen (secondary N) is 2. The summed E-state index contributed by atoms with van der Waals surface area (Å²) >= 11 is 6.03. The van der Waals surface area contributed by atoms with E-state index >= 15 is 0 Å². The second-order valence-electron chi connectivity index (χ2n) is 4.35. The van der Waals surface area contributed by atoms with Gasteiger partial charge in [-0.1, -0.05) is 29.8 Å². The summed E-state index contributed by atoms with van der Waals surface area (Å²) in [5.41, 5.74) is 0.964. The smallest absolute Gasteiger partial charge is 0.224 e. The molecule has 1 saturated heterocycles. The van der Waals surface area contributed by atoms with E-state index in [0.717, 1.165) is 31.5 Å². The van der Waals surface area contributed by atoms with E-state index in [1.165, 1.54) is 0 Å². The first kappa shape index (κ1) is 15.3. The van der Waals surface area contributed by atoms with Crippen LogP contribution < -0.4 is 10.6 Å². The predicted octanol–water partition coefficient (Wildman–Crippen LogP) is 2.38. The summed E-state index contributed by atoms with van der Waals surface area (Å²) in [5, 5.41) is 6.89. The molecule has 1 atom stereocenters. The Labute approximate surface area is 119 Å². The van der Waals surface area contributed by atoms with Crippen LogP contribution in [0.3, 0.4) is 0 Å². The van der Waals surface area contributed by atoms with Crippen molar-refractivity contribution in [3.8, 4) is 0 Å². The molecule has 1 aliphatic rings. The van der Waals surface area contributed by atoms with Crippen LogP contribution in [0.5, 0.6) is 0 Å². The Morgan fingerprint density at radius 1 is 1.44 bits per heavy atom. The van der Waals surface area contributed by atoms with Crippen LogP contribution in [0.25, 0.3) is 0 Å². The number of hydrogen-bond donors (Lipinski definition) is 2. The van der Waals surface area contributed by atoms with Crippen molar-refractivity contribution in [2.75, 3.05) is 13.1 Å². The van der Waals surface area contributed by atoms with Gasteiger partial charge in [-0.15, -0.1) is 12.4 Å². The SMILES string of the molecule is Cl.O=C(NCc1ccccc1Cl)[C@@H]1CCCNC1. The van der Waals surface area contributed by atoms with E-state index in [-0.39, 0.29) is 24.2 Å². The number of benzene rings is 1. The van der Waals surface area contributed by atoms with Crippen molar-refractivity contribution in [3.05, 3.63) is 34.9 Å². The molecule has 0 bridgehead atoms. The topological polar surface area (TPSA) is 41.1 Å². The molecular formula is C13H18Cl2N2O. The summed E-state index contributed by atoms with van der Waals surface area (Å²) in [4.78, 5) is 11.9. The maximum absolute atomic E-state index is 11.9. The van der Waals surface area contributed by atoms with E-state index in [9.17, 15) is 4.79 Å². The molecule has 1 fully saturated rings. The number of halogens is 2. The Balaban J connectivity index is 0.00000162. The minimum atomic E-state index is 0. The molecule has 1 aliphatic heterocycles. The maximum Gasteiger partial charge on any atom is 0.224 e. The van der Waals surface area contributed by atoms with Crippen LogP contribution in [0, 0.1) is 5.92 Å². The Hall–Kier alpha value is -0.770. The van der Waals surface area contributed by atoms with Gasteiger partial charge in [0.2, 0.25) is 5.91 Å². The van der Waals surface area contributed by atoms with Crippen LogP contribution in [0.2, 0.25) is 5.02 Å². The molecule has 0 aromatic heterocycles. The molecule has 1 aromatic rings. The summed E-state index contributed by atoms with van der Waals surface area (Å²) in [5.74, 6) is 0.225. The average molecular weight is 289 g/mol. The van der Waals surface area contributed by atoms with Crippen molar-refractivity contribution in [1.29, 1.82) is 0 Å². The third kappa shape index (κ3) is 4.16. The van der Waals surface area contributed by atoms with Crippen molar-refractivity contribution in [1.82, 2.24) is 10.6 Å². The Bertz CT molecular complexity index is 392. The first-order chi connectivity index (χ1) is 8.27. The van der Waals surface area contributed by atoms with Crippen molar-refractivity contribution in [2.45, 2.75) is 19.4 Å². The van der Waals surface area contributed by atoms with Gasteiger partial charge in [0.05, 0.1) is 5.92 Å². The molecule has 0 unspecified atom stereocenters. The molecule has 2 rings (SSSR count). The van der Waals surface area contributed by atoms with Gasteiger partial charge >= 0.3 is 0 Å². The third-order valence-corrected chi connectivity index (χ3v) is 3.45. The summed E-state index contributed by atoms with van der Waals surface area (Å²) in [6, 6.07) is 7.58.